The summed E-state index contributed by atoms with van der Waals surface area (Å²) in [5.74, 6) is 0. The molecule has 51 heavy (non-hydrogen) atoms. The molecule has 2 aromatic heterocycles. The number of fused-ring (bicyclic) bond motifs is 10. The number of furan rings is 1. The highest BCUT2D eigenvalue weighted by Gasteiger charge is 2.21. The van der Waals surface area contributed by atoms with E-state index in [2.05, 4.69) is 175 Å². The quantitative estimate of drug-likeness (QED) is 0.186. The van der Waals surface area contributed by atoms with Gasteiger partial charge in [0.1, 0.15) is 11.2 Å². The zero-order chi connectivity index (χ0) is 33.5. The van der Waals surface area contributed by atoms with E-state index in [1.165, 1.54) is 58.2 Å². The van der Waals surface area contributed by atoms with Crippen LogP contribution in [0.3, 0.4) is 0 Å². The fourth-order valence-corrected chi connectivity index (χ4v) is 9.23. The second kappa shape index (κ2) is 11.0. The lowest BCUT2D eigenvalue weighted by Gasteiger charge is -2.28. The highest BCUT2D eigenvalue weighted by Crippen LogP contribution is 2.48. The first-order chi connectivity index (χ1) is 25.3. The van der Waals surface area contributed by atoms with Crippen LogP contribution in [-0.4, -0.2) is 0 Å². The van der Waals surface area contributed by atoms with Gasteiger partial charge in [-0.2, -0.15) is 0 Å². The van der Waals surface area contributed by atoms with Crippen LogP contribution in [0.15, 0.2) is 180 Å². The van der Waals surface area contributed by atoms with E-state index in [-0.39, 0.29) is 0 Å². The van der Waals surface area contributed by atoms with Gasteiger partial charge in [-0.05, 0) is 69.6 Å². The number of para-hydroxylation sites is 2. The monoisotopic (exact) mass is 667 g/mol. The fourth-order valence-electron chi connectivity index (χ4n) is 7.96. The molecule has 11 aromatic rings. The molecule has 0 fully saturated rings. The normalized spacial score (nSPS) is 11.9. The van der Waals surface area contributed by atoms with E-state index in [1.807, 2.05) is 17.4 Å². The Morgan fingerprint density at radius 1 is 0.412 bits per heavy atom. The van der Waals surface area contributed by atoms with E-state index >= 15 is 0 Å². The number of thiophene rings is 1. The van der Waals surface area contributed by atoms with Gasteiger partial charge >= 0.3 is 0 Å². The number of nitrogens with zero attached hydrogens (tertiary/aromatic N) is 1. The average molecular weight is 668 g/mol. The van der Waals surface area contributed by atoms with E-state index in [9.17, 15) is 0 Å². The van der Waals surface area contributed by atoms with Gasteiger partial charge in [0.25, 0.3) is 0 Å². The summed E-state index contributed by atoms with van der Waals surface area (Å²) in [4.78, 5) is 2.45. The Labute approximate surface area is 298 Å². The van der Waals surface area contributed by atoms with Crippen molar-refractivity contribution in [3.05, 3.63) is 176 Å². The summed E-state index contributed by atoms with van der Waals surface area (Å²) in [7, 11) is 0. The highest BCUT2D eigenvalue weighted by molar-refractivity contribution is 7.26. The third kappa shape index (κ3) is 4.42. The fraction of sp³-hybridized carbons (Fsp3) is 0. The Morgan fingerprint density at radius 3 is 1.78 bits per heavy atom. The summed E-state index contributed by atoms with van der Waals surface area (Å²) >= 11 is 1.88. The molecule has 0 N–H and O–H groups in total. The molecule has 0 saturated carbocycles. The molecule has 2 nitrogen and oxygen atoms in total. The van der Waals surface area contributed by atoms with Crippen molar-refractivity contribution < 1.29 is 4.42 Å². The Bertz CT molecular complexity index is 3090. The maximum atomic E-state index is 6.44. The van der Waals surface area contributed by atoms with Gasteiger partial charge in [-0.1, -0.05) is 133 Å². The summed E-state index contributed by atoms with van der Waals surface area (Å²) < 4.78 is 9.01. The smallest absolute Gasteiger partial charge is 0.143 e. The average Bonchev–Trinajstić information content (AvgIpc) is 3.76. The number of benzene rings is 9. The Kier molecular flexibility index (Phi) is 6.16. The van der Waals surface area contributed by atoms with Crippen LogP contribution in [0.1, 0.15) is 0 Å². The van der Waals surface area contributed by atoms with Crippen molar-refractivity contribution in [2.45, 2.75) is 0 Å². The molecule has 0 radical (unpaired) electrons. The Balaban J connectivity index is 1.16. The van der Waals surface area contributed by atoms with Gasteiger partial charge in [-0.3, -0.25) is 0 Å². The second-order valence-electron chi connectivity index (χ2n) is 13.3. The van der Waals surface area contributed by atoms with Gasteiger partial charge in [0.2, 0.25) is 0 Å². The lowest BCUT2D eigenvalue weighted by Crippen LogP contribution is -2.10. The number of rotatable bonds is 4. The van der Waals surface area contributed by atoms with Gasteiger partial charge in [0.15, 0.2) is 0 Å². The van der Waals surface area contributed by atoms with Crippen LogP contribution >= 0.6 is 11.3 Å². The predicted octanol–water partition coefficient (Wildman–Crippen LogP) is 14.6. The molecule has 11 rings (SSSR count). The SMILES string of the molecule is c1ccc2cc(N(c3ccc4ccccc4c3)c3cc4c5ccc(-c6cccc7c6oc6ccccc67)cc5sc4c4ccccc34)ccc2c1. The van der Waals surface area contributed by atoms with Crippen molar-refractivity contribution in [2.24, 2.45) is 0 Å². The molecule has 0 aliphatic heterocycles. The maximum Gasteiger partial charge on any atom is 0.143 e. The van der Waals surface area contributed by atoms with Crippen molar-refractivity contribution in [1.29, 1.82) is 0 Å². The van der Waals surface area contributed by atoms with Gasteiger partial charge in [0, 0.05) is 58.7 Å². The standard InChI is InChI=1S/C48H29NOS/c1-3-12-32-26-35(23-20-30(32)10-1)49(36-24-21-31-11-2-4-13-33(31)27-36)44-29-43-40-25-22-34(28-46(40)51-48(43)42-16-6-5-14-38(42)44)37-17-9-18-41-39-15-7-8-19-45(39)50-47(37)41/h1-29H. The first-order valence-corrected chi connectivity index (χ1v) is 18.1. The summed E-state index contributed by atoms with van der Waals surface area (Å²) in [6.07, 6.45) is 0. The summed E-state index contributed by atoms with van der Waals surface area (Å²) in [5.41, 5.74) is 7.57. The zero-order valence-electron chi connectivity index (χ0n) is 27.5. The van der Waals surface area contributed by atoms with Crippen molar-refractivity contribution in [1.82, 2.24) is 0 Å². The highest BCUT2D eigenvalue weighted by atomic mass is 32.1. The Hall–Kier alpha value is -6.42. The van der Waals surface area contributed by atoms with Gasteiger partial charge < -0.3 is 9.32 Å². The van der Waals surface area contributed by atoms with Gasteiger partial charge in [-0.25, -0.2) is 0 Å². The van der Waals surface area contributed by atoms with Crippen molar-refractivity contribution in [3.63, 3.8) is 0 Å². The van der Waals surface area contributed by atoms with Crippen molar-refractivity contribution in [2.75, 3.05) is 4.90 Å². The van der Waals surface area contributed by atoms with Crippen molar-refractivity contribution in [3.8, 4) is 11.1 Å². The number of anilines is 3. The maximum absolute atomic E-state index is 6.44. The van der Waals surface area contributed by atoms with E-state index in [0.717, 1.165) is 44.4 Å². The van der Waals surface area contributed by atoms with Crippen molar-refractivity contribution >= 4 is 103 Å². The third-order valence-corrected chi connectivity index (χ3v) is 11.6. The minimum absolute atomic E-state index is 0.921. The molecule has 0 amide bonds. The topological polar surface area (TPSA) is 16.4 Å². The molecular weight excluding hydrogens is 639 g/mol. The molecule has 0 aliphatic carbocycles. The largest absolute Gasteiger partial charge is 0.455 e. The predicted molar refractivity (Wildman–Crippen MR) is 219 cm³/mol. The molecule has 9 aromatic carbocycles. The van der Waals surface area contributed by atoms with E-state index in [0.29, 0.717) is 0 Å². The lowest BCUT2D eigenvalue weighted by atomic mass is 9.99. The first-order valence-electron chi connectivity index (χ1n) is 17.3. The molecule has 0 spiro atoms. The third-order valence-electron chi connectivity index (χ3n) is 10.4. The first kappa shape index (κ1) is 28.4. The van der Waals surface area contributed by atoms with Crippen LogP contribution < -0.4 is 4.90 Å². The molecule has 0 atom stereocenters. The molecule has 2 heterocycles. The van der Waals surface area contributed by atoms with E-state index in [4.69, 9.17) is 4.42 Å². The molecule has 0 bridgehead atoms. The summed E-state index contributed by atoms with van der Waals surface area (Å²) in [6, 6.07) is 63.9. The van der Waals surface area contributed by atoms with Crippen LogP contribution in [0.25, 0.3) is 85.6 Å². The van der Waals surface area contributed by atoms with E-state index < -0.39 is 0 Å². The summed E-state index contributed by atoms with van der Waals surface area (Å²) in [5, 5.41) is 12.2. The van der Waals surface area contributed by atoms with Crippen LogP contribution in [-0.2, 0) is 0 Å². The van der Waals surface area contributed by atoms with E-state index in [1.54, 1.807) is 0 Å². The lowest BCUT2D eigenvalue weighted by molar-refractivity contribution is 0.670. The molecule has 238 valence electrons. The van der Waals surface area contributed by atoms with Gasteiger partial charge in [0.05, 0.1) is 5.69 Å². The number of hydrogen-bond acceptors (Lipinski definition) is 3. The molecule has 0 unspecified atom stereocenters. The van der Waals surface area contributed by atoms with Crippen LogP contribution in [0, 0.1) is 0 Å². The van der Waals surface area contributed by atoms with Crippen LogP contribution in [0.5, 0.6) is 0 Å². The zero-order valence-corrected chi connectivity index (χ0v) is 28.3. The molecule has 3 heteroatoms. The minimum atomic E-state index is 0.921. The molecule has 0 aliphatic rings. The molecular formula is C48H29NOS. The number of hydrogen-bond donors (Lipinski definition) is 0. The Morgan fingerprint density at radius 2 is 1.04 bits per heavy atom. The van der Waals surface area contributed by atoms with Crippen LogP contribution in [0.2, 0.25) is 0 Å². The summed E-state index contributed by atoms with van der Waals surface area (Å²) in [6.45, 7) is 0. The molecule has 0 saturated heterocycles. The minimum Gasteiger partial charge on any atom is -0.455 e. The van der Waals surface area contributed by atoms with Crippen LogP contribution in [0.4, 0.5) is 17.1 Å². The van der Waals surface area contributed by atoms with Gasteiger partial charge in [-0.15, -0.1) is 11.3 Å². The second-order valence-corrected chi connectivity index (χ2v) is 14.4.